The highest BCUT2D eigenvalue weighted by atomic mass is 16.6. The van der Waals surface area contributed by atoms with E-state index in [1.807, 2.05) is 4.90 Å². The smallest absolute Gasteiger partial charge is 0.329 e. The zero-order valence-electron chi connectivity index (χ0n) is 11.7. The fourth-order valence-corrected chi connectivity index (χ4v) is 2.58. The first-order valence-electron chi connectivity index (χ1n) is 6.76. The van der Waals surface area contributed by atoms with Crippen molar-refractivity contribution in [3.8, 4) is 0 Å². The Balaban J connectivity index is 2.21. The molecule has 0 aliphatic carbocycles. The summed E-state index contributed by atoms with van der Waals surface area (Å²) in [4.78, 5) is 20.5. The molecule has 1 aromatic heterocycles. The normalized spacial score (nSPS) is 16.5. The van der Waals surface area contributed by atoms with E-state index in [2.05, 4.69) is 29.2 Å². The van der Waals surface area contributed by atoms with E-state index in [1.54, 1.807) is 0 Å². The fraction of sp³-hybridized carbons (Fsp3) is 0.667. The summed E-state index contributed by atoms with van der Waals surface area (Å²) in [7, 11) is 0. The van der Waals surface area contributed by atoms with Crippen LogP contribution in [0.4, 0.5) is 17.5 Å². The lowest BCUT2D eigenvalue weighted by atomic mass is 9.87. The first-order chi connectivity index (χ1) is 9.52. The van der Waals surface area contributed by atoms with Crippen molar-refractivity contribution in [1.29, 1.82) is 0 Å². The zero-order valence-corrected chi connectivity index (χ0v) is 11.7. The van der Waals surface area contributed by atoms with Gasteiger partial charge in [0.15, 0.2) is 0 Å². The van der Waals surface area contributed by atoms with E-state index in [0.717, 1.165) is 25.9 Å². The highest BCUT2D eigenvalue weighted by molar-refractivity contribution is 5.59. The number of piperidine rings is 1. The van der Waals surface area contributed by atoms with Crippen LogP contribution in [0.2, 0.25) is 0 Å². The van der Waals surface area contributed by atoms with Gasteiger partial charge in [0, 0.05) is 13.1 Å². The van der Waals surface area contributed by atoms with E-state index in [-0.39, 0.29) is 11.6 Å². The Morgan fingerprint density at radius 1 is 1.50 bits per heavy atom. The molecule has 2 heterocycles. The van der Waals surface area contributed by atoms with Gasteiger partial charge >= 0.3 is 5.69 Å². The molecular formula is C12H20N6O2. The molecule has 0 atom stereocenters. The molecule has 1 aliphatic rings. The summed E-state index contributed by atoms with van der Waals surface area (Å²) >= 11 is 0. The van der Waals surface area contributed by atoms with Gasteiger partial charge in [0.1, 0.15) is 6.20 Å². The summed E-state index contributed by atoms with van der Waals surface area (Å²) in [6.07, 6.45) is 3.24. The van der Waals surface area contributed by atoms with Crippen LogP contribution in [-0.2, 0) is 0 Å². The average Bonchev–Trinajstić information content (AvgIpc) is 2.46. The first kappa shape index (κ1) is 14.4. The van der Waals surface area contributed by atoms with Gasteiger partial charge in [-0.05, 0) is 24.7 Å². The van der Waals surface area contributed by atoms with Crippen molar-refractivity contribution < 1.29 is 4.92 Å². The molecule has 8 heteroatoms. The highest BCUT2D eigenvalue weighted by Gasteiger charge is 2.28. The second kappa shape index (κ2) is 6.00. The minimum absolute atomic E-state index is 0.0769. The van der Waals surface area contributed by atoms with Crippen LogP contribution in [-0.4, -0.2) is 28.0 Å². The van der Waals surface area contributed by atoms with Gasteiger partial charge in [-0.3, -0.25) is 15.5 Å². The van der Waals surface area contributed by atoms with Gasteiger partial charge in [0.05, 0.1) is 4.92 Å². The molecule has 110 valence electrons. The third-order valence-electron chi connectivity index (χ3n) is 3.86. The number of anilines is 2. The standard InChI is InChI=1S/C12H20N6O2/c1-8(2)9-3-5-17(6-4-9)11-10(18(19)20)7-14-12(15-11)16-13/h7-9H,3-6,13H2,1-2H3,(H,14,15,16). The first-order valence-corrected chi connectivity index (χ1v) is 6.76. The van der Waals surface area contributed by atoms with Gasteiger partial charge in [0.25, 0.3) is 0 Å². The molecule has 2 rings (SSSR count). The largest absolute Gasteiger partial charge is 0.351 e. The molecule has 0 bridgehead atoms. The average molecular weight is 280 g/mol. The summed E-state index contributed by atoms with van der Waals surface area (Å²) in [6, 6.07) is 0. The van der Waals surface area contributed by atoms with Crippen LogP contribution in [0, 0.1) is 22.0 Å². The van der Waals surface area contributed by atoms with E-state index in [4.69, 9.17) is 5.84 Å². The van der Waals surface area contributed by atoms with Crippen molar-refractivity contribution in [2.45, 2.75) is 26.7 Å². The maximum absolute atomic E-state index is 11.1. The maximum atomic E-state index is 11.1. The Kier molecular flexibility index (Phi) is 4.33. The Morgan fingerprint density at radius 3 is 2.65 bits per heavy atom. The van der Waals surface area contributed by atoms with Gasteiger partial charge in [-0.1, -0.05) is 13.8 Å². The van der Waals surface area contributed by atoms with Crippen molar-refractivity contribution in [2.75, 3.05) is 23.4 Å². The van der Waals surface area contributed by atoms with Gasteiger partial charge in [-0.2, -0.15) is 4.98 Å². The monoisotopic (exact) mass is 280 g/mol. The summed E-state index contributed by atoms with van der Waals surface area (Å²) < 4.78 is 0. The lowest BCUT2D eigenvalue weighted by molar-refractivity contribution is -0.384. The second-order valence-electron chi connectivity index (χ2n) is 5.37. The van der Waals surface area contributed by atoms with Crippen LogP contribution in [0.15, 0.2) is 6.20 Å². The van der Waals surface area contributed by atoms with Gasteiger partial charge in [-0.15, -0.1) is 0 Å². The SMILES string of the molecule is CC(C)C1CCN(c2nc(NN)ncc2[N+](=O)[O-])CC1. The maximum Gasteiger partial charge on any atom is 0.329 e. The Morgan fingerprint density at radius 2 is 2.15 bits per heavy atom. The number of hydrogen-bond donors (Lipinski definition) is 2. The molecule has 0 unspecified atom stereocenters. The lowest BCUT2D eigenvalue weighted by Crippen LogP contribution is -2.36. The minimum Gasteiger partial charge on any atom is -0.351 e. The second-order valence-corrected chi connectivity index (χ2v) is 5.37. The number of nitrogen functional groups attached to an aromatic ring is 1. The van der Waals surface area contributed by atoms with E-state index in [0.29, 0.717) is 17.7 Å². The molecule has 0 amide bonds. The molecule has 1 fully saturated rings. The van der Waals surface area contributed by atoms with Gasteiger partial charge in [-0.25, -0.2) is 10.8 Å². The Bertz CT molecular complexity index is 485. The molecule has 20 heavy (non-hydrogen) atoms. The summed E-state index contributed by atoms with van der Waals surface area (Å²) in [5, 5.41) is 11.1. The topological polar surface area (TPSA) is 110 Å². The minimum atomic E-state index is -0.454. The molecule has 1 aromatic rings. The van der Waals surface area contributed by atoms with E-state index < -0.39 is 4.92 Å². The van der Waals surface area contributed by atoms with E-state index >= 15 is 0 Å². The number of nitrogens with one attached hydrogen (secondary N) is 1. The van der Waals surface area contributed by atoms with Crippen LogP contribution in [0.1, 0.15) is 26.7 Å². The van der Waals surface area contributed by atoms with Crippen molar-refractivity contribution in [2.24, 2.45) is 17.7 Å². The van der Waals surface area contributed by atoms with Crippen LogP contribution in [0.3, 0.4) is 0 Å². The summed E-state index contributed by atoms with van der Waals surface area (Å²) in [6.45, 7) is 5.96. The van der Waals surface area contributed by atoms with Crippen molar-refractivity contribution in [3.05, 3.63) is 16.3 Å². The number of nitrogens with two attached hydrogens (primary N) is 1. The number of nitrogens with zero attached hydrogens (tertiary/aromatic N) is 4. The predicted molar refractivity (Wildman–Crippen MR) is 76.3 cm³/mol. The van der Waals surface area contributed by atoms with Crippen LogP contribution in [0.5, 0.6) is 0 Å². The molecule has 0 radical (unpaired) electrons. The van der Waals surface area contributed by atoms with Crippen molar-refractivity contribution in [1.82, 2.24) is 9.97 Å². The summed E-state index contributed by atoms with van der Waals surface area (Å²) in [5.41, 5.74) is 2.25. The zero-order chi connectivity index (χ0) is 14.7. The fourth-order valence-electron chi connectivity index (χ4n) is 2.58. The lowest BCUT2D eigenvalue weighted by Gasteiger charge is -2.34. The number of hydrogen-bond acceptors (Lipinski definition) is 7. The quantitative estimate of drug-likeness (QED) is 0.489. The molecule has 3 N–H and O–H groups in total. The number of aromatic nitrogens is 2. The molecule has 0 saturated carbocycles. The number of hydrazine groups is 1. The molecule has 1 aliphatic heterocycles. The van der Waals surface area contributed by atoms with Crippen molar-refractivity contribution >= 4 is 17.5 Å². The third-order valence-corrected chi connectivity index (χ3v) is 3.86. The number of nitro groups is 1. The Hall–Kier alpha value is -1.96. The molecular weight excluding hydrogens is 260 g/mol. The van der Waals surface area contributed by atoms with Crippen LogP contribution < -0.4 is 16.2 Å². The van der Waals surface area contributed by atoms with Crippen LogP contribution in [0.25, 0.3) is 0 Å². The Labute approximate surface area is 117 Å². The van der Waals surface area contributed by atoms with E-state index in [1.165, 1.54) is 6.20 Å². The molecule has 0 aromatic carbocycles. The van der Waals surface area contributed by atoms with Crippen molar-refractivity contribution in [3.63, 3.8) is 0 Å². The molecule has 1 saturated heterocycles. The predicted octanol–water partition coefficient (Wildman–Crippen LogP) is 1.54. The van der Waals surface area contributed by atoms with E-state index in [9.17, 15) is 10.1 Å². The molecule has 0 spiro atoms. The summed E-state index contributed by atoms with van der Waals surface area (Å²) in [5.74, 6) is 7.12. The third kappa shape index (κ3) is 2.96. The number of rotatable bonds is 4. The van der Waals surface area contributed by atoms with Crippen LogP contribution >= 0.6 is 0 Å². The van der Waals surface area contributed by atoms with Gasteiger partial charge < -0.3 is 4.90 Å². The van der Waals surface area contributed by atoms with Gasteiger partial charge in [0.2, 0.25) is 11.8 Å². The molecule has 8 nitrogen and oxygen atoms in total. The highest BCUT2D eigenvalue weighted by Crippen LogP contribution is 2.31.